The van der Waals surface area contributed by atoms with Crippen molar-refractivity contribution in [2.75, 3.05) is 19.7 Å². The molecule has 3 saturated heterocycles. The zero-order valence-corrected chi connectivity index (χ0v) is 14.0. The van der Waals surface area contributed by atoms with Crippen molar-refractivity contribution in [1.82, 2.24) is 19.4 Å². The Morgan fingerprint density at radius 2 is 2.13 bits per heavy atom. The second kappa shape index (κ2) is 4.78. The van der Waals surface area contributed by atoms with Gasteiger partial charge in [0.1, 0.15) is 4.90 Å². The van der Waals surface area contributed by atoms with E-state index in [-0.39, 0.29) is 17.2 Å². The molecule has 1 aromatic heterocycles. The summed E-state index contributed by atoms with van der Waals surface area (Å²) in [7, 11) is -3.71. The molecule has 126 valence electrons. The molecule has 1 spiro atoms. The van der Waals surface area contributed by atoms with Gasteiger partial charge in [-0.2, -0.15) is 9.40 Å². The number of H-pyrrole nitrogens is 1. The summed E-state index contributed by atoms with van der Waals surface area (Å²) < 4.78 is 33.7. The van der Waals surface area contributed by atoms with Crippen LogP contribution in [0, 0.1) is 13.8 Å². The minimum absolute atomic E-state index is 0.0183. The number of carbonyl (C=O) groups is 1. The van der Waals surface area contributed by atoms with E-state index in [1.807, 2.05) is 0 Å². The van der Waals surface area contributed by atoms with Crippen LogP contribution in [-0.4, -0.2) is 65.2 Å². The quantitative estimate of drug-likeness (QED) is 0.826. The zero-order valence-electron chi connectivity index (χ0n) is 13.2. The molecule has 1 N–H and O–H groups in total. The van der Waals surface area contributed by atoms with Crippen LogP contribution in [0.5, 0.6) is 0 Å². The van der Waals surface area contributed by atoms with Gasteiger partial charge >= 0.3 is 0 Å². The third-order valence-corrected chi connectivity index (χ3v) is 7.36. The van der Waals surface area contributed by atoms with Gasteiger partial charge in [-0.05, 0) is 20.3 Å². The van der Waals surface area contributed by atoms with E-state index in [0.29, 0.717) is 37.5 Å². The predicted octanol–water partition coefficient (Wildman–Crippen LogP) is 0.138. The fourth-order valence-corrected chi connectivity index (χ4v) is 6.23. The van der Waals surface area contributed by atoms with Crippen LogP contribution in [-0.2, 0) is 19.6 Å². The van der Waals surface area contributed by atoms with Crippen molar-refractivity contribution < 1.29 is 17.9 Å². The van der Waals surface area contributed by atoms with E-state index in [1.165, 1.54) is 4.31 Å². The minimum Gasteiger partial charge on any atom is -0.354 e. The van der Waals surface area contributed by atoms with Gasteiger partial charge in [0.2, 0.25) is 15.9 Å². The lowest BCUT2D eigenvalue weighted by Gasteiger charge is -2.42. The van der Waals surface area contributed by atoms with Crippen molar-refractivity contribution in [2.24, 2.45) is 0 Å². The van der Waals surface area contributed by atoms with Crippen LogP contribution in [0.25, 0.3) is 0 Å². The first-order valence-electron chi connectivity index (χ1n) is 7.86. The summed E-state index contributed by atoms with van der Waals surface area (Å²) in [5, 5.41) is 6.72. The molecule has 23 heavy (non-hydrogen) atoms. The molecule has 9 heteroatoms. The summed E-state index contributed by atoms with van der Waals surface area (Å²) >= 11 is 0. The number of aromatic nitrogens is 2. The van der Waals surface area contributed by atoms with Crippen LogP contribution in [0.3, 0.4) is 0 Å². The Hall–Kier alpha value is -1.45. The van der Waals surface area contributed by atoms with E-state index in [1.54, 1.807) is 18.7 Å². The molecule has 0 saturated carbocycles. The third-order valence-electron chi connectivity index (χ3n) is 5.19. The van der Waals surface area contributed by atoms with Crippen LogP contribution in [0.4, 0.5) is 0 Å². The van der Waals surface area contributed by atoms with Crippen LogP contribution in [0.2, 0.25) is 0 Å². The third kappa shape index (κ3) is 1.87. The summed E-state index contributed by atoms with van der Waals surface area (Å²) in [6, 6.07) is -0.450. The van der Waals surface area contributed by atoms with Crippen molar-refractivity contribution in [3.63, 3.8) is 0 Å². The molecular formula is C14H20N4O4S. The van der Waals surface area contributed by atoms with Crippen LogP contribution < -0.4 is 0 Å². The zero-order chi connectivity index (χ0) is 16.4. The molecule has 3 aliphatic heterocycles. The fourth-order valence-electron chi connectivity index (χ4n) is 4.24. The molecule has 0 aliphatic carbocycles. The van der Waals surface area contributed by atoms with Gasteiger partial charge in [-0.15, -0.1) is 0 Å². The van der Waals surface area contributed by atoms with Gasteiger partial charge in [0, 0.05) is 25.9 Å². The monoisotopic (exact) mass is 340 g/mol. The number of amides is 1. The Morgan fingerprint density at radius 1 is 1.35 bits per heavy atom. The highest BCUT2D eigenvalue weighted by atomic mass is 32.2. The van der Waals surface area contributed by atoms with E-state index < -0.39 is 21.8 Å². The van der Waals surface area contributed by atoms with Crippen molar-refractivity contribution in [3.8, 4) is 0 Å². The number of nitrogens with zero attached hydrogens (tertiary/aromatic N) is 3. The van der Waals surface area contributed by atoms with E-state index in [0.717, 1.165) is 6.42 Å². The summed E-state index contributed by atoms with van der Waals surface area (Å²) in [5.74, 6) is -0.0183. The maximum absolute atomic E-state index is 13.1. The average molecular weight is 340 g/mol. The molecule has 4 rings (SSSR count). The molecule has 0 unspecified atom stereocenters. The second-order valence-electron chi connectivity index (χ2n) is 6.44. The van der Waals surface area contributed by atoms with E-state index in [9.17, 15) is 13.2 Å². The molecule has 1 aromatic rings. The molecule has 1 amide bonds. The maximum Gasteiger partial charge on any atom is 0.247 e. The maximum atomic E-state index is 13.1. The highest BCUT2D eigenvalue weighted by Crippen LogP contribution is 2.46. The van der Waals surface area contributed by atoms with Crippen LogP contribution >= 0.6 is 0 Å². The second-order valence-corrected chi connectivity index (χ2v) is 8.27. The molecule has 8 nitrogen and oxygen atoms in total. The molecule has 0 bridgehead atoms. The first kappa shape index (κ1) is 15.1. The number of carbonyl (C=O) groups excluding carboxylic acids is 1. The Bertz CT molecular complexity index is 754. The van der Waals surface area contributed by atoms with E-state index in [2.05, 4.69) is 10.2 Å². The van der Waals surface area contributed by atoms with Gasteiger partial charge in [0.25, 0.3) is 0 Å². The Kier molecular flexibility index (Phi) is 3.14. The lowest BCUT2D eigenvalue weighted by atomic mass is 10.0. The van der Waals surface area contributed by atoms with Crippen molar-refractivity contribution in [3.05, 3.63) is 11.4 Å². The first-order chi connectivity index (χ1) is 10.9. The number of nitrogens with one attached hydrogen (secondary N) is 1. The van der Waals surface area contributed by atoms with Crippen LogP contribution in [0.15, 0.2) is 4.90 Å². The first-order valence-corrected chi connectivity index (χ1v) is 9.30. The topological polar surface area (TPSA) is 95.6 Å². The van der Waals surface area contributed by atoms with E-state index in [4.69, 9.17) is 4.74 Å². The molecule has 3 aliphatic rings. The normalized spacial score (nSPS) is 31.5. The van der Waals surface area contributed by atoms with Gasteiger partial charge in [-0.3, -0.25) is 9.89 Å². The number of aromatic amines is 1. The Labute approximate surface area is 134 Å². The predicted molar refractivity (Wildman–Crippen MR) is 80.0 cm³/mol. The number of aryl methyl sites for hydroxylation is 2. The van der Waals surface area contributed by atoms with Gasteiger partial charge in [-0.25, -0.2) is 8.42 Å². The highest BCUT2D eigenvalue weighted by Gasteiger charge is 2.63. The van der Waals surface area contributed by atoms with Gasteiger partial charge in [-0.1, -0.05) is 0 Å². The standard InChI is InChI=1S/C14H20N4O4S/c1-9-13(10(2)16-15-9)23(20,21)18-6-4-14-11(18)8-12(19)17(14)5-3-7-22-14/h11H,3-8H2,1-2H3,(H,15,16)/t11-,14+/m1/s1. The summed E-state index contributed by atoms with van der Waals surface area (Å²) in [6.07, 6.45) is 1.51. The fraction of sp³-hybridized carbons (Fsp3) is 0.714. The van der Waals surface area contributed by atoms with Gasteiger partial charge in [0.15, 0.2) is 5.72 Å². The molecular weight excluding hydrogens is 320 g/mol. The number of ether oxygens (including phenoxy) is 1. The number of sulfonamides is 1. The summed E-state index contributed by atoms with van der Waals surface area (Å²) in [4.78, 5) is 14.3. The van der Waals surface area contributed by atoms with Crippen LogP contribution in [0.1, 0.15) is 30.7 Å². The number of hydrogen-bond acceptors (Lipinski definition) is 5. The summed E-state index contributed by atoms with van der Waals surface area (Å²) in [5.41, 5.74) is 0.205. The lowest BCUT2D eigenvalue weighted by Crippen LogP contribution is -2.56. The minimum atomic E-state index is -3.71. The van der Waals surface area contributed by atoms with Crippen molar-refractivity contribution in [2.45, 2.75) is 49.8 Å². The average Bonchev–Trinajstić information content (AvgIpc) is 3.09. The molecule has 3 fully saturated rings. The Balaban J connectivity index is 1.76. The highest BCUT2D eigenvalue weighted by molar-refractivity contribution is 7.89. The largest absolute Gasteiger partial charge is 0.354 e. The smallest absolute Gasteiger partial charge is 0.247 e. The molecule has 0 aromatic carbocycles. The number of rotatable bonds is 2. The van der Waals surface area contributed by atoms with Crippen molar-refractivity contribution >= 4 is 15.9 Å². The summed E-state index contributed by atoms with van der Waals surface area (Å²) in [6.45, 7) is 4.94. The van der Waals surface area contributed by atoms with Gasteiger partial charge in [0.05, 0.1) is 24.0 Å². The van der Waals surface area contributed by atoms with E-state index >= 15 is 0 Å². The molecule has 4 heterocycles. The van der Waals surface area contributed by atoms with Gasteiger partial charge < -0.3 is 9.64 Å². The SMILES string of the molecule is Cc1n[nH]c(C)c1S(=O)(=O)N1CC[C@@]23OCCCN2C(=O)C[C@@H]13. The number of hydrogen-bond donors (Lipinski definition) is 1. The molecule has 2 atom stereocenters. The Morgan fingerprint density at radius 3 is 2.83 bits per heavy atom. The molecule has 0 radical (unpaired) electrons. The lowest BCUT2D eigenvalue weighted by molar-refractivity contribution is -0.178. The van der Waals surface area contributed by atoms with Crippen molar-refractivity contribution in [1.29, 1.82) is 0 Å².